The summed E-state index contributed by atoms with van der Waals surface area (Å²) in [6.45, 7) is 2.44. The summed E-state index contributed by atoms with van der Waals surface area (Å²) >= 11 is 0. The zero-order valence-corrected chi connectivity index (χ0v) is 13.1. The maximum absolute atomic E-state index is 12.2. The fourth-order valence-corrected chi connectivity index (χ4v) is 2.77. The molecule has 2 rings (SSSR count). The van der Waals surface area contributed by atoms with Crippen LogP contribution in [0.4, 0.5) is 5.69 Å². The highest BCUT2D eigenvalue weighted by molar-refractivity contribution is 5.91. The van der Waals surface area contributed by atoms with Crippen LogP contribution in [0.3, 0.4) is 0 Å². The quantitative estimate of drug-likeness (QED) is 0.472. The Hall–Kier alpha value is -2.44. The zero-order valence-electron chi connectivity index (χ0n) is 13.1. The first-order valence-electron chi connectivity index (χ1n) is 7.74. The summed E-state index contributed by atoms with van der Waals surface area (Å²) in [6.07, 6.45) is 3.96. The molecule has 1 amide bonds. The van der Waals surface area contributed by atoms with Crippen molar-refractivity contribution in [1.29, 1.82) is 0 Å². The first-order valence-corrected chi connectivity index (χ1v) is 7.74. The fourth-order valence-electron chi connectivity index (χ4n) is 2.77. The van der Waals surface area contributed by atoms with E-state index >= 15 is 0 Å². The Bertz CT molecular complexity index is 585. The molecule has 1 aliphatic rings. The summed E-state index contributed by atoms with van der Waals surface area (Å²) in [4.78, 5) is 35.9. The van der Waals surface area contributed by atoms with Gasteiger partial charge in [-0.2, -0.15) is 0 Å². The van der Waals surface area contributed by atoms with E-state index in [0.29, 0.717) is 6.54 Å². The summed E-state index contributed by atoms with van der Waals surface area (Å²) in [5.74, 6) is -0.842. The minimum Gasteiger partial charge on any atom is -0.452 e. The van der Waals surface area contributed by atoms with Crippen LogP contribution in [0.15, 0.2) is 24.3 Å². The summed E-state index contributed by atoms with van der Waals surface area (Å²) in [5, 5.41) is 10.6. The Morgan fingerprint density at radius 3 is 2.61 bits per heavy atom. The molecule has 1 aromatic rings. The van der Waals surface area contributed by atoms with E-state index in [1.807, 2.05) is 6.92 Å². The lowest BCUT2D eigenvalue weighted by Gasteiger charge is -2.35. The maximum Gasteiger partial charge on any atom is 0.338 e. The predicted octanol–water partition coefficient (Wildman–Crippen LogP) is 2.54. The number of hydrogen-bond donors (Lipinski definition) is 0. The average Bonchev–Trinajstić information content (AvgIpc) is 2.59. The van der Waals surface area contributed by atoms with Crippen LogP contribution in [0.2, 0.25) is 0 Å². The molecule has 1 saturated heterocycles. The number of nitro groups is 1. The van der Waals surface area contributed by atoms with Gasteiger partial charge in [-0.1, -0.05) is 6.92 Å². The van der Waals surface area contributed by atoms with Crippen LogP contribution in [0.5, 0.6) is 0 Å². The Morgan fingerprint density at radius 1 is 1.30 bits per heavy atom. The van der Waals surface area contributed by atoms with Crippen molar-refractivity contribution < 1.29 is 19.2 Å². The van der Waals surface area contributed by atoms with Gasteiger partial charge in [0.1, 0.15) is 0 Å². The maximum atomic E-state index is 12.2. The third kappa shape index (κ3) is 4.28. The van der Waals surface area contributed by atoms with Crippen LogP contribution in [0.25, 0.3) is 0 Å². The van der Waals surface area contributed by atoms with Crippen LogP contribution in [-0.4, -0.2) is 40.9 Å². The number of rotatable bonds is 5. The van der Waals surface area contributed by atoms with Crippen LogP contribution >= 0.6 is 0 Å². The van der Waals surface area contributed by atoms with Crippen molar-refractivity contribution in [2.45, 2.75) is 38.6 Å². The molecular weight excluding hydrogens is 300 g/mol. The normalized spacial score (nSPS) is 17.6. The largest absolute Gasteiger partial charge is 0.452 e. The molecule has 124 valence electrons. The molecule has 0 aromatic heterocycles. The molecule has 1 heterocycles. The van der Waals surface area contributed by atoms with Crippen molar-refractivity contribution in [2.75, 3.05) is 13.2 Å². The molecule has 7 heteroatoms. The molecule has 0 saturated carbocycles. The molecule has 0 aliphatic carbocycles. The molecule has 23 heavy (non-hydrogen) atoms. The number of carbonyl (C=O) groups is 2. The number of likely N-dealkylation sites (tertiary alicyclic amines) is 1. The van der Waals surface area contributed by atoms with Gasteiger partial charge in [-0.3, -0.25) is 14.9 Å². The lowest BCUT2D eigenvalue weighted by Crippen LogP contribution is -2.45. The summed E-state index contributed by atoms with van der Waals surface area (Å²) in [7, 11) is 0. The molecule has 1 unspecified atom stereocenters. The summed E-state index contributed by atoms with van der Waals surface area (Å²) in [5.41, 5.74) is 0.0887. The zero-order chi connectivity index (χ0) is 16.8. The van der Waals surface area contributed by atoms with E-state index in [2.05, 4.69) is 0 Å². The van der Waals surface area contributed by atoms with Crippen molar-refractivity contribution in [1.82, 2.24) is 4.90 Å². The van der Waals surface area contributed by atoms with Gasteiger partial charge >= 0.3 is 5.97 Å². The van der Waals surface area contributed by atoms with Crippen molar-refractivity contribution in [3.8, 4) is 0 Å². The lowest BCUT2D eigenvalue weighted by atomic mass is 10.00. The van der Waals surface area contributed by atoms with Crippen molar-refractivity contribution >= 4 is 17.6 Å². The van der Waals surface area contributed by atoms with Gasteiger partial charge in [0.15, 0.2) is 6.61 Å². The molecule has 1 aromatic carbocycles. The average molecular weight is 320 g/mol. The van der Waals surface area contributed by atoms with E-state index in [1.54, 1.807) is 4.90 Å². The number of carbonyl (C=O) groups excluding carboxylic acids is 2. The fraction of sp³-hybridized carbons (Fsp3) is 0.500. The number of ether oxygens (including phenoxy) is 1. The Labute approximate surface area is 134 Å². The molecule has 1 aliphatic heterocycles. The highest BCUT2D eigenvalue weighted by atomic mass is 16.6. The third-order valence-electron chi connectivity index (χ3n) is 4.06. The minimum absolute atomic E-state index is 0.100. The van der Waals surface area contributed by atoms with Gasteiger partial charge in [0, 0.05) is 24.7 Å². The number of piperidine rings is 1. The van der Waals surface area contributed by atoms with E-state index in [1.165, 1.54) is 24.3 Å². The van der Waals surface area contributed by atoms with Crippen molar-refractivity contribution in [3.63, 3.8) is 0 Å². The SMILES string of the molecule is CCC1CCCCN1C(=O)COC(=O)c1ccc([N+](=O)[O-])cc1. The van der Waals surface area contributed by atoms with Crippen LogP contribution in [-0.2, 0) is 9.53 Å². The van der Waals surface area contributed by atoms with Gasteiger partial charge in [0.25, 0.3) is 11.6 Å². The second kappa shape index (κ2) is 7.71. The molecule has 1 fully saturated rings. The Balaban J connectivity index is 1.90. The molecule has 0 bridgehead atoms. The molecule has 0 radical (unpaired) electrons. The van der Waals surface area contributed by atoms with Crippen LogP contribution < -0.4 is 0 Å². The third-order valence-corrected chi connectivity index (χ3v) is 4.06. The molecule has 0 spiro atoms. The Morgan fingerprint density at radius 2 is 2.00 bits per heavy atom. The van der Waals surface area contributed by atoms with E-state index in [0.717, 1.165) is 25.7 Å². The van der Waals surface area contributed by atoms with E-state index < -0.39 is 10.9 Å². The second-order valence-electron chi connectivity index (χ2n) is 5.53. The summed E-state index contributed by atoms with van der Waals surface area (Å²) in [6, 6.07) is 5.32. The number of non-ortho nitro benzene ring substituents is 1. The number of hydrogen-bond acceptors (Lipinski definition) is 5. The van der Waals surface area contributed by atoms with Gasteiger partial charge in [-0.05, 0) is 37.8 Å². The topological polar surface area (TPSA) is 89.8 Å². The van der Waals surface area contributed by atoms with Crippen LogP contribution in [0.1, 0.15) is 43.0 Å². The molecule has 1 atom stereocenters. The molecular formula is C16H20N2O5. The highest BCUT2D eigenvalue weighted by Crippen LogP contribution is 2.19. The first-order chi connectivity index (χ1) is 11.0. The standard InChI is InChI=1S/C16H20N2O5/c1-2-13-5-3-4-10-17(13)15(19)11-23-16(20)12-6-8-14(9-7-12)18(21)22/h6-9,13H,2-5,10-11H2,1H3. The smallest absolute Gasteiger partial charge is 0.338 e. The van der Waals surface area contributed by atoms with Gasteiger partial charge < -0.3 is 9.64 Å². The number of amides is 1. The van der Waals surface area contributed by atoms with Crippen LogP contribution in [0, 0.1) is 10.1 Å². The summed E-state index contributed by atoms with van der Waals surface area (Å²) < 4.78 is 5.04. The first kappa shape index (κ1) is 16.9. The molecule has 0 N–H and O–H groups in total. The number of benzene rings is 1. The van der Waals surface area contributed by atoms with E-state index in [9.17, 15) is 19.7 Å². The van der Waals surface area contributed by atoms with Gasteiger partial charge in [-0.25, -0.2) is 4.79 Å². The van der Waals surface area contributed by atoms with E-state index in [4.69, 9.17) is 4.74 Å². The molecule has 7 nitrogen and oxygen atoms in total. The van der Waals surface area contributed by atoms with Gasteiger partial charge in [0.2, 0.25) is 0 Å². The lowest BCUT2D eigenvalue weighted by molar-refractivity contribution is -0.384. The number of nitro benzene ring substituents is 1. The number of nitrogens with zero attached hydrogens (tertiary/aromatic N) is 2. The second-order valence-corrected chi connectivity index (χ2v) is 5.53. The van der Waals surface area contributed by atoms with Gasteiger partial charge in [0.05, 0.1) is 10.5 Å². The minimum atomic E-state index is -0.654. The Kier molecular flexibility index (Phi) is 5.67. The van der Waals surface area contributed by atoms with Gasteiger partial charge in [-0.15, -0.1) is 0 Å². The highest BCUT2D eigenvalue weighted by Gasteiger charge is 2.26. The number of esters is 1. The predicted molar refractivity (Wildman–Crippen MR) is 83.0 cm³/mol. The monoisotopic (exact) mass is 320 g/mol. The van der Waals surface area contributed by atoms with Crippen molar-refractivity contribution in [2.24, 2.45) is 0 Å². The van der Waals surface area contributed by atoms with Crippen molar-refractivity contribution in [3.05, 3.63) is 39.9 Å². The van der Waals surface area contributed by atoms with E-state index in [-0.39, 0.29) is 29.8 Å².